The van der Waals surface area contributed by atoms with E-state index < -0.39 is 0 Å². The number of hydrogen-bond acceptors (Lipinski definition) is 4. The number of rotatable bonds is 3. The van der Waals surface area contributed by atoms with Crippen LogP contribution in [0.15, 0.2) is 28.8 Å². The molecule has 2 aromatic rings. The van der Waals surface area contributed by atoms with E-state index in [-0.39, 0.29) is 0 Å². The van der Waals surface area contributed by atoms with Crippen molar-refractivity contribution in [1.29, 1.82) is 0 Å². The van der Waals surface area contributed by atoms with E-state index in [0.717, 1.165) is 30.2 Å². The van der Waals surface area contributed by atoms with Crippen molar-refractivity contribution in [2.75, 3.05) is 26.1 Å². The molecule has 0 bridgehead atoms. The van der Waals surface area contributed by atoms with Crippen molar-refractivity contribution in [2.24, 2.45) is 0 Å². The van der Waals surface area contributed by atoms with Gasteiger partial charge in [-0.1, -0.05) is 17.3 Å². The standard InChI is InChI=1S/C16H20N2O2/c1-18(2)16-14-6-4-5-13(15(14)17-20-16)11-7-9-12(19-3)10-8-11/h7-10,13H,4-6H2,1-3H3. The van der Waals surface area contributed by atoms with Crippen LogP contribution in [0.1, 0.15) is 35.6 Å². The van der Waals surface area contributed by atoms with E-state index in [4.69, 9.17) is 9.26 Å². The smallest absolute Gasteiger partial charge is 0.230 e. The Bertz CT molecular complexity index is 587. The number of nitrogens with zero attached hydrogens (tertiary/aromatic N) is 2. The summed E-state index contributed by atoms with van der Waals surface area (Å²) in [6.45, 7) is 0. The van der Waals surface area contributed by atoms with Gasteiger partial charge in [-0.25, -0.2) is 0 Å². The van der Waals surface area contributed by atoms with Gasteiger partial charge in [-0.05, 0) is 37.0 Å². The fourth-order valence-corrected chi connectivity index (χ4v) is 2.95. The normalized spacial score (nSPS) is 17.6. The Morgan fingerprint density at radius 3 is 2.65 bits per heavy atom. The van der Waals surface area contributed by atoms with Crippen LogP contribution in [0, 0.1) is 0 Å². The van der Waals surface area contributed by atoms with Gasteiger partial charge in [-0.15, -0.1) is 0 Å². The van der Waals surface area contributed by atoms with E-state index in [1.807, 2.05) is 31.1 Å². The van der Waals surface area contributed by atoms with Crippen LogP contribution in [0.2, 0.25) is 0 Å². The first-order valence-electron chi connectivity index (χ1n) is 7.00. The van der Waals surface area contributed by atoms with Crippen LogP contribution in [0.5, 0.6) is 5.75 Å². The maximum atomic E-state index is 5.53. The van der Waals surface area contributed by atoms with Gasteiger partial charge in [0, 0.05) is 25.6 Å². The lowest BCUT2D eigenvalue weighted by Gasteiger charge is -2.22. The Balaban J connectivity index is 1.96. The molecule has 1 aliphatic rings. The quantitative estimate of drug-likeness (QED) is 0.860. The predicted octanol–water partition coefficient (Wildman–Crippen LogP) is 3.22. The van der Waals surface area contributed by atoms with Crippen LogP contribution in [0.4, 0.5) is 5.88 Å². The van der Waals surface area contributed by atoms with Gasteiger partial charge in [0.25, 0.3) is 0 Å². The highest BCUT2D eigenvalue weighted by molar-refractivity contribution is 5.49. The lowest BCUT2D eigenvalue weighted by molar-refractivity contribution is 0.410. The largest absolute Gasteiger partial charge is 0.497 e. The Kier molecular flexibility index (Phi) is 3.38. The van der Waals surface area contributed by atoms with Crippen molar-refractivity contribution in [1.82, 2.24) is 5.16 Å². The molecule has 1 aromatic carbocycles. The molecule has 1 unspecified atom stereocenters. The second kappa shape index (κ2) is 5.19. The molecule has 4 heteroatoms. The van der Waals surface area contributed by atoms with E-state index in [1.54, 1.807) is 7.11 Å². The van der Waals surface area contributed by atoms with Gasteiger partial charge in [0.2, 0.25) is 5.88 Å². The van der Waals surface area contributed by atoms with Crippen molar-refractivity contribution >= 4 is 5.88 Å². The Morgan fingerprint density at radius 1 is 1.25 bits per heavy atom. The number of hydrogen-bond donors (Lipinski definition) is 0. The topological polar surface area (TPSA) is 38.5 Å². The number of anilines is 1. The predicted molar refractivity (Wildman–Crippen MR) is 78.6 cm³/mol. The first-order valence-corrected chi connectivity index (χ1v) is 7.00. The summed E-state index contributed by atoms with van der Waals surface area (Å²) in [6.07, 6.45) is 3.35. The van der Waals surface area contributed by atoms with Gasteiger partial charge >= 0.3 is 0 Å². The number of aromatic nitrogens is 1. The second-order valence-corrected chi connectivity index (χ2v) is 5.46. The van der Waals surface area contributed by atoms with Crippen LogP contribution in [0.25, 0.3) is 0 Å². The van der Waals surface area contributed by atoms with Gasteiger partial charge in [0.15, 0.2) is 0 Å². The molecule has 4 nitrogen and oxygen atoms in total. The monoisotopic (exact) mass is 272 g/mol. The molecule has 106 valence electrons. The highest BCUT2D eigenvalue weighted by atomic mass is 16.5. The van der Waals surface area contributed by atoms with Crippen molar-refractivity contribution < 1.29 is 9.26 Å². The number of fused-ring (bicyclic) bond motifs is 1. The van der Waals surface area contributed by atoms with E-state index >= 15 is 0 Å². The summed E-state index contributed by atoms with van der Waals surface area (Å²) in [5.41, 5.74) is 3.65. The first-order chi connectivity index (χ1) is 9.70. The van der Waals surface area contributed by atoms with Crippen LogP contribution in [-0.4, -0.2) is 26.4 Å². The third kappa shape index (κ3) is 2.15. The zero-order valence-electron chi connectivity index (χ0n) is 12.2. The minimum Gasteiger partial charge on any atom is -0.497 e. The summed E-state index contributed by atoms with van der Waals surface area (Å²) >= 11 is 0. The van der Waals surface area contributed by atoms with Crippen molar-refractivity contribution in [3.05, 3.63) is 41.1 Å². The third-order valence-corrected chi connectivity index (χ3v) is 3.97. The van der Waals surface area contributed by atoms with E-state index in [1.165, 1.54) is 17.5 Å². The summed E-state index contributed by atoms with van der Waals surface area (Å²) in [5.74, 6) is 2.12. The molecule has 0 saturated carbocycles. The average Bonchev–Trinajstić information content (AvgIpc) is 2.91. The Morgan fingerprint density at radius 2 is 2.00 bits per heavy atom. The third-order valence-electron chi connectivity index (χ3n) is 3.97. The van der Waals surface area contributed by atoms with Crippen molar-refractivity contribution in [2.45, 2.75) is 25.2 Å². The van der Waals surface area contributed by atoms with Crippen molar-refractivity contribution in [3.8, 4) is 5.75 Å². The zero-order chi connectivity index (χ0) is 14.1. The zero-order valence-corrected chi connectivity index (χ0v) is 12.2. The van der Waals surface area contributed by atoms with Crippen LogP contribution >= 0.6 is 0 Å². The van der Waals surface area contributed by atoms with E-state index in [2.05, 4.69) is 17.3 Å². The lowest BCUT2D eigenvalue weighted by Crippen LogP contribution is -2.14. The molecule has 0 saturated heterocycles. The highest BCUT2D eigenvalue weighted by Gasteiger charge is 2.29. The van der Waals surface area contributed by atoms with Crippen molar-refractivity contribution in [3.63, 3.8) is 0 Å². The number of ether oxygens (including phenoxy) is 1. The molecule has 0 N–H and O–H groups in total. The Labute approximate surface area is 119 Å². The van der Waals surface area contributed by atoms with Gasteiger partial charge in [-0.3, -0.25) is 0 Å². The molecular weight excluding hydrogens is 252 g/mol. The van der Waals surface area contributed by atoms with E-state index in [9.17, 15) is 0 Å². The summed E-state index contributed by atoms with van der Waals surface area (Å²) in [7, 11) is 5.68. The molecule has 1 aromatic heterocycles. The summed E-state index contributed by atoms with van der Waals surface area (Å²) < 4.78 is 10.7. The van der Waals surface area contributed by atoms with Crippen LogP contribution < -0.4 is 9.64 Å². The van der Waals surface area contributed by atoms with E-state index in [0.29, 0.717) is 5.92 Å². The molecule has 0 aliphatic heterocycles. The molecule has 0 radical (unpaired) electrons. The first kappa shape index (κ1) is 13.0. The maximum Gasteiger partial charge on any atom is 0.230 e. The lowest BCUT2D eigenvalue weighted by atomic mass is 9.83. The molecule has 0 amide bonds. The fourth-order valence-electron chi connectivity index (χ4n) is 2.95. The summed E-state index contributed by atoms with van der Waals surface area (Å²) in [5, 5.41) is 4.33. The van der Waals surface area contributed by atoms with Crippen LogP contribution in [-0.2, 0) is 6.42 Å². The minimum atomic E-state index is 0.335. The SMILES string of the molecule is COc1ccc(C2CCCc3c2noc3N(C)C)cc1. The Hall–Kier alpha value is -1.97. The highest BCUT2D eigenvalue weighted by Crippen LogP contribution is 2.40. The molecule has 1 aliphatic carbocycles. The second-order valence-electron chi connectivity index (χ2n) is 5.46. The minimum absolute atomic E-state index is 0.335. The summed E-state index contributed by atoms with van der Waals surface area (Å²) in [4.78, 5) is 2.00. The fraction of sp³-hybridized carbons (Fsp3) is 0.438. The summed E-state index contributed by atoms with van der Waals surface area (Å²) in [6, 6.07) is 8.28. The molecular formula is C16H20N2O2. The van der Waals surface area contributed by atoms with Gasteiger partial charge in [0.1, 0.15) is 5.75 Å². The molecule has 1 heterocycles. The molecule has 20 heavy (non-hydrogen) atoms. The van der Waals surface area contributed by atoms with Gasteiger partial charge in [-0.2, -0.15) is 0 Å². The maximum absolute atomic E-state index is 5.53. The number of benzene rings is 1. The molecule has 0 spiro atoms. The number of methoxy groups -OCH3 is 1. The average molecular weight is 272 g/mol. The molecule has 1 atom stereocenters. The van der Waals surface area contributed by atoms with Gasteiger partial charge < -0.3 is 14.2 Å². The molecule has 3 rings (SSSR count). The van der Waals surface area contributed by atoms with Crippen LogP contribution in [0.3, 0.4) is 0 Å². The molecule has 0 fully saturated rings. The van der Waals surface area contributed by atoms with Gasteiger partial charge in [0.05, 0.1) is 12.8 Å².